The van der Waals surface area contributed by atoms with Crippen molar-refractivity contribution >= 4 is 8.80 Å². The second-order valence-corrected chi connectivity index (χ2v) is 5.50. The predicted octanol–water partition coefficient (Wildman–Crippen LogP) is 3.10. The van der Waals surface area contributed by atoms with E-state index in [-0.39, 0.29) is 0 Å². The van der Waals surface area contributed by atoms with Crippen LogP contribution in [0.25, 0.3) is 0 Å². The Labute approximate surface area is 100 Å². The van der Waals surface area contributed by atoms with Gasteiger partial charge in [0.1, 0.15) is 0 Å². The molecule has 0 aromatic heterocycles. The topological polar surface area (TPSA) is 27.7 Å². The van der Waals surface area contributed by atoms with Gasteiger partial charge in [0.05, 0.1) is 0 Å². The van der Waals surface area contributed by atoms with Gasteiger partial charge in [0.2, 0.25) is 0 Å². The first-order valence-electron chi connectivity index (χ1n) is 6.00. The van der Waals surface area contributed by atoms with Crippen LogP contribution in [-0.2, 0) is 13.3 Å². The summed E-state index contributed by atoms with van der Waals surface area (Å²) in [5.74, 6) is 0. The molecule has 4 heteroatoms. The third-order valence-corrected chi connectivity index (χ3v) is 4.49. The molecule has 0 rings (SSSR count). The van der Waals surface area contributed by atoms with Crippen molar-refractivity contribution in [3.8, 4) is 0 Å². The van der Waals surface area contributed by atoms with Crippen LogP contribution in [0.3, 0.4) is 0 Å². The molecule has 0 unspecified atom stereocenters. The number of allylic oxidation sites excluding steroid dienone is 3. The number of rotatable bonds is 9. The fraction of sp³-hybridized carbons (Fsp3) is 0.667. The summed E-state index contributed by atoms with van der Waals surface area (Å²) >= 11 is 0. The van der Waals surface area contributed by atoms with E-state index in [1.165, 1.54) is 0 Å². The van der Waals surface area contributed by atoms with E-state index in [4.69, 9.17) is 13.3 Å². The van der Waals surface area contributed by atoms with Crippen LogP contribution in [0.4, 0.5) is 0 Å². The van der Waals surface area contributed by atoms with Crippen molar-refractivity contribution < 1.29 is 13.3 Å². The van der Waals surface area contributed by atoms with E-state index >= 15 is 0 Å². The van der Waals surface area contributed by atoms with Crippen LogP contribution < -0.4 is 0 Å². The molecule has 0 heterocycles. The maximum atomic E-state index is 5.66. The number of hydrogen-bond acceptors (Lipinski definition) is 3. The van der Waals surface area contributed by atoms with Gasteiger partial charge in [-0.25, -0.2) is 0 Å². The van der Waals surface area contributed by atoms with Gasteiger partial charge in [-0.1, -0.05) is 25.2 Å². The molecule has 0 saturated carbocycles. The fourth-order valence-electron chi connectivity index (χ4n) is 1.26. The summed E-state index contributed by atoms with van der Waals surface area (Å²) in [6.45, 7) is 9.78. The van der Waals surface area contributed by atoms with Gasteiger partial charge in [0.15, 0.2) is 0 Å². The summed E-state index contributed by atoms with van der Waals surface area (Å²) < 4.78 is 17.0. The highest BCUT2D eigenvalue weighted by Crippen LogP contribution is 2.11. The Morgan fingerprint density at radius 3 is 1.69 bits per heavy atom. The lowest BCUT2D eigenvalue weighted by Crippen LogP contribution is -2.44. The van der Waals surface area contributed by atoms with E-state index in [0.29, 0.717) is 19.8 Å². The van der Waals surface area contributed by atoms with Gasteiger partial charge in [-0.15, -0.1) is 0 Å². The molecule has 0 aliphatic rings. The molecule has 0 radical (unpaired) electrons. The van der Waals surface area contributed by atoms with E-state index in [1.807, 2.05) is 38.6 Å². The Hall–Kier alpha value is -0.423. The molecule has 0 saturated heterocycles. The molecule has 0 aliphatic carbocycles. The van der Waals surface area contributed by atoms with Crippen molar-refractivity contribution in [2.24, 2.45) is 0 Å². The highest BCUT2D eigenvalue weighted by molar-refractivity contribution is 6.66. The quantitative estimate of drug-likeness (QED) is 0.461. The largest absolute Gasteiger partial charge is 0.529 e. The first-order chi connectivity index (χ1) is 7.74. The minimum absolute atomic E-state index is 0.605. The van der Waals surface area contributed by atoms with Crippen molar-refractivity contribution in [3.05, 3.63) is 23.9 Å². The maximum Gasteiger partial charge on any atom is 0.529 e. The summed E-state index contributed by atoms with van der Waals surface area (Å²) in [5, 5.41) is 0. The lowest BCUT2D eigenvalue weighted by Gasteiger charge is -2.25. The van der Waals surface area contributed by atoms with Gasteiger partial charge in [-0.3, -0.25) is 0 Å². The molecule has 94 valence electrons. The molecule has 0 bridgehead atoms. The average molecular weight is 244 g/mol. The van der Waals surface area contributed by atoms with Crippen molar-refractivity contribution in [3.63, 3.8) is 0 Å². The van der Waals surface area contributed by atoms with E-state index in [9.17, 15) is 0 Å². The van der Waals surface area contributed by atoms with Gasteiger partial charge in [-0.05, 0) is 32.9 Å². The van der Waals surface area contributed by atoms with Crippen LogP contribution >= 0.6 is 0 Å². The van der Waals surface area contributed by atoms with Gasteiger partial charge < -0.3 is 13.3 Å². The summed E-state index contributed by atoms with van der Waals surface area (Å²) in [7, 11) is -2.58. The average Bonchev–Trinajstić information content (AvgIpc) is 2.26. The van der Waals surface area contributed by atoms with Crippen LogP contribution in [0.5, 0.6) is 0 Å². The van der Waals surface area contributed by atoms with E-state index < -0.39 is 8.80 Å². The molecule has 0 spiro atoms. The molecule has 16 heavy (non-hydrogen) atoms. The smallest absolute Gasteiger partial charge is 0.371 e. The second kappa shape index (κ2) is 9.78. The molecule has 0 N–H and O–H groups in total. The zero-order valence-electron chi connectivity index (χ0n) is 10.9. The highest BCUT2D eigenvalue weighted by Gasteiger charge is 2.37. The van der Waals surface area contributed by atoms with Crippen LogP contribution in [0.2, 0.25) is 0 Å². The molecule has 3 nitrogen and oxygen atoms in total. The molecule has 0 aromatic rings. The second-order valence-electron chi connectivity index (χ2n) is 3.10. The van der Waals surface area contributed by atoms with E-state index in [0.717, 1.165) is 6.42 Å². The minimum atomic E-state index is -2.58. The van der Waals surface area contributed by atoms with Crippen LogP contribution in [0.1, 0.15) is 34.1 Å². The molecule has 0 atom stereocenters. The molecule has 0 aliphatic heterocycles. The monoisotopic (exact) mass is 244 g/mol. The van der Waals surface area contributed by atoms with Crippen LogP contribution in [0, 0.1) is 0 Å². The van der Waals surface area contributed by atoms with Crippen molar-refractivity contribution in [2.75, 3.05) is 19.8 Å². The Morgan fingerprint density at radius 1 is 0.812 bits per heavy atom. The van der Waals surface area contributed by atoms with Gasteiger partial charge in [0, 0.05) is 19.8 Å². The van der Waals surface area contributed by atoms with Crippen LogP contribution in [-0.4, -0.2) is 28.6 Å². The first-order valence-corrected chi connectivity index (χ1v) is 7.81. The Kier molecular flexibility index (Phi) is 9.52. The van der Waals surface area contributed by atoms with Crippen molar-refractivity contribution in [1.82, 2.24) is 0 Å². The summed E-state index contributed by atoms with van der Waals surface area (Å²) in [5.41, 5.74) is 1.94. The van der Waals surface area contributed by atoms with Gasteiger partial charge in [0.25, 0.3) is 0 Å². The van der Waals surface area contributed by atoms with Crippen molar-refractivity contribution in [1.29, 1.82) is 0 Å². The standard InChI is InChI=1S/C12H24O3Si/c1-5-9-10-11-12-16(13-6-2,14-7-3)15-8-4/h9-12H,5-8H2,1-4H3. The van der Waals surface area contributed by atoms with Gasteiger partial charge >= 0.3 is 8.80 Å². The Balaban J connectivity index is 4.57. The SMILES string of the molecule is CCC=CC=C[Si](OCC)(OCC)OCC. The molecular weight excluding hydrogens is 220 g/mol. The Bertz CT molecular complexity index is 197. The minimum Gasteiger partial charge on any atom is -0.371 e. The molecule has 0 fully saturated rings. The number of hydrogen-bond donors (Lipinski definition) is 0. The predicted molar refractivity (Wildman–Crippen MR) is 69.2 cm³/mol. The zero-order valence-corrected chi connectivity index (χ0v) is 11.9. The maximum absolute atomic E-state index is 5.66. The summed E-state index contributed by atoms with van der Waals surface area (Å²) in [6, 6.07) is 0. The zero-order chi connectivity index (χ0) is 12.3. The lowest BCUT2D eigenvalue weighted by molar-refractivity contribution is 0.0843. The van der Waals surface area contributed by atoms with E-state index in [2.05, 4.69) is 13.0 Å². The fourth-order valence-corrected chi connectivity index (χ4v) is 3.35. The Morgan fingerprint density at radius 2 is 1.31 bits per heavy atom. The highest BCUT2D eigenvalue weighted by atomic mass is 28.4. The van der Waals surface area contributed by atoms with E-state index in [1.54, 1.807) is 0 Å². The summed E-state index contributed by atoms with van der Waals surface area (Å²) in [6.07, 6.45) is 7.06. The summed E-state index contributed by atoms with van der Waals surface area (Å²) in [4.78, 5) is 0. The van der Waals surface area contributed by atoms with Crippen LogP contribution in [0.15, 0.2) is 23.9 Å². The van der Waals surface area contributed by atoms with Crippen molar-refractivity contribution in [2.45, 2.75) is 34.1 Å². The molecule has 0 amide bonds. The third kappa shape index (κ3) is 6.22. The van der Waals surface area contributed by atoms with Gasteiger partial charge in [-0.2, -0.15) is 0 Å². The lowest BCUT2D eigenvalue weighted by atomic mass is 10.4. The normalized spacial score (nSPS) is 13.0. The molecule has 0 aromatic carbocycles. The molecular formula is C12H24O3Si. The first kappa shape index (κ1) is 15.6. The third-order valence-electron chi connectivity index (χ3n) is 1.82.